The van der Waals surface area contributed by atoms with Gasteiger partial charge in [-0.1, -0.05) is 18.8 Å². The normalized spacial score (nSPS) is 13.1. The van der Waals surface area contributed by atoms with Gasteiger partial charge in [-0.2, -0.15) is 0 Å². The Labute approximate surface area is 118 Å². The summed E-state index contributed by atoms with van der Waals surface area (Å²) in [5.74, 6) is 4.43. The molecule has 1 aromatic rings. The Morgan fingerprint density at radius 1 is 1.55 bits per heavy atom. The molecule has 1 amide bonds. The van der Waals surface area contributed by atoms with E-state index in [2.05, 4.69) is 17.2 Å². The average molecular weight is 278 g/mol. The van der Waals surface area contributed by atoms with Crippen LogP contribution in [0.1, 0.15) is 25.8 Å². The zero-order valence-corrected chi connectivity index (χ0v) is 11.9. The molecule has 1 atom stereocenters. The van der Waals surface area contributed by atoms with Crippen LogP contribution in [0.4, 0.5) is 10.1 Å². The number of amides is 1. The lowest BCUT2D eigenvalue weighted by atomic mass is 10.0. The van der Waals surface area contributed by atoms with Crippen molar-refractivity contribution in [2.45, 2.75) is 25.9 Å². The van der Waals surface area contributed by atoms with E-state index in [4.69, 9.17) is 10.5 Å². The molecule has 5 heteroatoms. The molecule has 4 nitrogen and oxygen atoms in total. The molecule has 0 bridgehead atoms. The lowest BCUT2D eigenvalue weighted by molar-refractivity contribution is -0.136. The monoisotopic (exact) mass is 278 g/mol. The van der Waals surface area contributed by atoms with Gasteiger partial charge in [-0.3, -0.25) is 4.79 Å². The molecule has 0 aromatic heterocycles. The van der Waals surface area contributed by atoms with Crippen LogP contribution in [0.5, 0.6) is 0 Å². The number of carbonyl (C=O) groups excluding carboxylic acids is 1. The van der Waals surface area contributed by atoms with E-state index in [-0.39, 0.29) is 18.1 Å². The number of halogens is 1. The zero-order valence-electron chi connectivity index (χ0n) is 11.9. The van der Waals surface area contributed by atoms with Gasteiger partial charge in [-0.05, 0) is 31.5 Å². The summed E-state index contributed by atoms with van der Waals surface area (Å²) in [7, 11) is 1.45. The number of methoxy groups -OCH3 is 1. The predicted molar refractivity (Wildman–Crippen MR) is 76.7 cm³/mol. The van der Waals surface area contributed by atoms with Gasteiger partial charge in [0.25, 0.3) is 5.91 Å². The van der Waals surface area contributed by atoms with Crippen LogP contribution in [0.3, 0.4) is 0 Å². The fraction of sp³-hybridized carbons (Fsp3) is 0.400. The Bertz CT molecular complexity index is 543. The minimum Gasteiger partial charge on any atom is -0.369 e. The van der Waals surface area contributed by atoms with Crippen molar-refractivity contribution in [3.63, 3.8) is 0 Å². The van der Waals surface area contributed by atoms with E-state index in [0.29, 0.717) is 12.0 Å². The largest absolute Gasteiger partial charge is 0.369 e. The van der Waals surface area contributed by atoms with Gasteiger partial charge in [-0.15, -0.1) is 0 Å². The minimum atomic E-state index is -0.982. The van der Waals surface area contributed by atoms with Crippen molar-refractivity contribution in [2.24, 2.45) is 5.73 Å². The summed E-state index contributed by atoms with van der Waals surface area (Å²) in [5, 5.41) is 2.52. The van der Waals surface area contributed by atoms with E-state index in [9.17, 15) is 9.18 Å². The van der Waals surface area contributed by atoms with Gasteiger partial charge < -0.3 is 15.8 Å². The molecule has 1 rings (SSSR count). The Morgan fingerprint density at radius 2 is 2.25 bits per heavy atom. The molecule has 0 saturated carbocycles. The fourth-order valence-corrected chi connectivity index (χ4v) is 1.50. The number of carbonyl (C=O) groups is 1. The van der Waals surface area contributed by atoms with Crippen molar-refractivity contribution in [3.05, 3.63) is 29.6 Å². The highest BCUT2D eigenvalue weighted by Crippen LogP contribution is 2.20. The van der Waals surface area contributed by atoms with Crippen LogP contribution in [0, 0.1) is 17.7 Å². The maximum Gasteiger partial charge on any atom is 0.256 e. The molecule has 0 aliphatic rings. The molecule has 0 saturated heterocycles. The molecule has 0 aliphatic heterocycles. The number of nitrogens with two attached hydrogens (primary N) is 1. The number of hydrogen-bond donors (Lipinski definition) is 2. The summed E-state index contributed by atoms with van der Waals surface area (Å²) in [5.41, 5.74) is 4.88. The first kappa shape index (κ1) is 16.2. The van der Waals surface area contributed by atoms with Gasteiger partial charge in [0.15, 0.2) is 0 Å². The minimum absolute atomic E-state index is 0.102. The van der Waals surface area contributed by atoms with Crippen LogP contribution in [0.2, 0.25) is 0 Å². The topological polar surface area (TPSA) is 64.3 Å². The number of rotatable bonds is 4. The lowest BCUT2D eigenvalue weighted by Gasteiger charge is -2.25. The summed E-state index contributed by atoms with van der Waals surface area (Å²) >= 11 is 0. The summed E-state index contributed by atoms with van der Waals surface area (Å²) < 4.78 is 19.0. The highest BCUT2D eigenvalue weighted by atomic mass is 19.1. The number of anilines is 1. The van der Waals surface area contributed by atoms with Crippen molar-refractivity contribution >= 4 is 11.6 Å². The smallest absolute Gasteiger partial charge is 0.256 e. The predicted octanol–water partition coefficient (Wildman–Crippen LogP) is 1.89. The van der Waals surface area contributed by atoms with E-state index in [1.165, 1.54) is 19.2 Å². The van der Waals surface area contributed by atoms with Crippen molar-refractivity contribution in [3.8, 4) is 11.8 Å². The molecule has 3 N–H and O–H groups in total. The summed E-state index contributed by atoms with van der Waals surface area (Å²) in [4.78, 5) is 12.1. The highest BCUT2D eigenvalue weighted by Gasteiger charge is 2.31. The van der Waals surface area contributed by atoms with Crippen LogP contribution >= 0.6 is 0 Å². The Hall–Kier alpha value is -1.90. The van der Waals surface area contributed by atoms with E-state index < -0.39 is 11.4 Å². The molecule has 1 unspecified atom stereocenters. The third-order valence-corrected chi connectivity index (χ3v) is 3.16. The van der Waals surface area contributed by atoms with E-state index >= 15 is 0 Å². The maximum atomic E-state index is 13.9. The van der Waals surface area contributed by atoms with Crippen molar-refractivity contribution in [1.29, 1.82) is 0 Å². The second-order valence-electron chi connectivity index (χ2n) is 4.44. The van der Waals surface area contributed by atoms with E-state index in [1.807, 2.05) is 6.92 Å². The Balaban J connectivity index is 2.91. The second-order valence-corrected chi connectivity index (χ2v) is 4.44. The van der Waals surface area contributed by atoms with Crippen molar-refractivity contribution in [1.82, 2.24) is 0 Å². The first-order chi connectivity index (χ1) is 9.46. The van der Waals surface area contributed by atoms with Gasteiger partial charge in [0.05, 0.1) is 12.2 Å². The van der Waals surface area contributed by atoms with Crippen LogP contribution in [0.25, 0.3) is 0 Å². The van der Waals surface area contributed by atoms with Crippen LogP contribution in [-0.4, -0.2) is 25.2 Å². The van der Waals surface area contributed by atoms with E-state index in [1.54, 1.807) is 13.0 Å². The molecule has 0 heterocycles. The van der Waals surface area contributed by atoms with Gasteiger partial charge in [0.1, 0.15) is 11.4 Å². The van der Waals surface area contributed by atoms with Gasteiger partial charge in [0, 0.05) is 12.7 Å². The molecule has 108 valence electrons. The molecule has 20 heavy (non-hydrogen) atoms. The van der Waals surface area contributed by atoms with Crippen molar-refractivity contribution in [2.75, 3.05) is 19.0 Å². The Kier molecular flexibility index (Phi) is 5.68. The molecule has 0 fully saturated rings. The second kappa shape index (κ2) is 7.04. The molecular weight excluding hydrogens is 259 g/mol. The van der Waals surface area contributed by atoms with Gasteiger partial charge in [-0.25, -0.2) is 4.39 Å². The quantitative estimate of drug-likeness (QED) is 0.827. The molecule has 0 aliphatic carbocycles. The summed E-state index contributed by atoms with van der Waals surface area (Å²) in [6, 6.07) is 4.35. The number of hydrogen-bond acceptors (Lipinski definition) is 3. The Morgan fingerprint density at radius 3 is 2.75 bits per heavy atom. The third kappa shape index (κ3) is 3.80. The number of nitrogens with one attached hydrogen (secondary N) is 1. The first-order valence-electron chi connectivity index (χ1n) is 6.32. The van der Waals surface area contributed by atoms with Gasteiger partial charge in [0.2, 0.25) is 0 Å². The third-order valence-electron chi connectivity index (χ3n) is 3.16. The van der Waals surface area contributed by atoms with Crippen LogP contribution in [0.15, 0.2) is 18.2 Å². The maximum absolute atomic E-state index is 13.9. The summed E-state index contributed by atoms with van der Waals surface area (Å²) in [6.45, 7) is 3.69. The zero-order chi connectivity index (χ0) is 15.2. The highest BCUT2D eigenvalue weighted by molar-refractivity contribution is 5.97. The number of benzene rings is 1. The van der Waals surface area contributed by atoms with Crippen LogP contribution < -0.4 is 11.1 Å². The van der Waals surface area contributed by atoms with E-state index in [0.717, 1.165) is 0 Å². The molecular formula is C15H19FN2O2. The van der Waals surface area contributed by atoms with Crippen molar-refractivity contribution < 1.29 is 13.9 Å². The molecule has 0 radical (unpaired) electrons. The summed E-state index contributed by atoms with van der Waals surface area (Å²) in [6.07, 6.45) is 0.483. The first-order valence-corrected chi connectivity index (χ1v) is 6.32. The standard InChI is InChI=1S/C15H19FN2O2/c1-4-15(2,20-3)14(19)18-13-8-7-11(6-5-9-17)10-12(13)16/h7-8,10H,4,9,17H2,1-3H3,(H,18,19). The SMILES string of the molecule is CCC(C)(OC)C(=O)Nc1ccc(C#CCN)cc1F. The lowest BCUT2D eigenvalue weighted by Crippen LogP contribution is -2.41. The van der Waals surface area contributed by atoms with Crippen LogP contribution in [-0.2, 0) is 9.53 Å². The van der Waals surface area contributed by atoms with Gasteiger partial charge >= 0.3 is 0 Å². The fourth-order valence-electron chi connectivity index (χ4n) is 1.50. The number of ether oxygens (including phenoxy) is 1. The molecule has 1 aromatic carbocycles. The molecule has 0 spiro atoms. The average Bonchev–Trinajstić information content (AvgIpc) is 2.46.